The minimum Gasteiger partial charge on any atom is -0.454 e. The van der Waals surface area contributed by atoms with Crippen molar-refractivity contribution in [3.8, 4) is 0 Å². The van der Waals surface area contributed by atoms with E-state index in [9.17, 15) is 22.8 Å². The molecule has 0 saturated carbocycles. The molecule has 2 aromatic carbocycles. The number of primary sulfonamides is 1. The van der Waals surface area contributed by atoms with Crippen molar-refractivity contribution in [3.63, 3.8) is 0 Å². The summed E-state index contributed by atoms with van der Waals surface area (Å²) in [7, 11) is -4.03. The quantitative estimate of drug-likeness (QED) is 0.312. The van der Waals surface area contributed by atoms with Gasteiger partial charge >= 0.3 is 5.97 Å². The molecule has 2 rings (SSSR count). The number of carbonyl (C=O) groups excluding carboxylic acids is 3. The Morgan fingerprint density at radius 1 is 1.06 bits per heavy atom. The zero-order valence-electron chi connectivity index (χ0n) is 16.9. The molecule has 1 amide bonds. The molecule has 0 aliphatic heterocycles. The largest absolute Gasteiger partial charge is 0.454 e. The lowest BCUT2D eigenvalue weighted by molar-refractivity contribution is -0.116. The van der Waals surface area contributed by atoms with E-state index >= 15 is 0 Å². The van der Waals surface area contributed by atoms with E-state index in [4.69, 9.17) is 21.5 Å². The Bertz CT molecular complexity index is 1070. The maximum atomic E-state index is 12.3. The summed E-state index contributed by atoms with van der Waals surface area (Å²) in [6, 6.07) is 9.53. The maximum Gasteiger partial charge on any atom is 0.340 e. The summed E-state index contributed by atoms with van der Waals surface area (Å²) >= 11 is 5.92. The first-order chi connectivity index (χ1) is 14.6. The number of halogens is 1. The van der Waals surface area contributed by atoms with Crippen LogP contribution in [0.2, 0.25) is 5.02 Å². The molecule has 0 heterocycles. The van der Waals surface area contributed by atoms with Gasteiger partial charge in [-0.15, -0.1) is 0 Å². The lowest BCUT2D eigenvalue weighted by Crippen LogP contribution is -2.17. The van der Waals surface area contributed by atoms with Crippen LogP contribution >= 0.6 is 11.6 Å². The number of nitrogens with one attached hydrogen (secondary N) is 1. The van der Waals surface area contributed by atoms with Gasteiger partial charge in [-0.3, -0.25) is 9.59 Å². The van der Waals surface area contributed by atoms with Gasteiger partial charge in [0.05, 0.1) is 15.5 Å². The minimum atomic E-state index is -4.03. The molecular formula is C21H23ClN2O6S. The Balaban J connectivity index is 1.95. The zero-order valence-corrected chi connectivity index (χ0v) is 18.5. The number of anilines is 1. The van der Waals surface area contributed by atoms with E-state index in [1.165, 1.54) is 18.2 Å². The normalized spacial score (nSPS) is 11.1. The number of sulfonamides is 1. The molecule has 0 fully saturated rings. The van der Waals surface area contributed by atoms with E-state index < -0.39 is 28.4 Å². The van der Waals surface area contributed by atoms with Crippen molar-refractivity contribution in [2.75, 3.05) is 11.9 Å². The number of rotatable bonds is 10. The molecule has 2 aromatic rings. The van der Waals surface area contributed by atoms with Crippen molar-refractivity contribution in [1.82, 2.24) is 0 Å². The monoisotopic (exact) mass is 466 g/mol. The second-order valence-corrected chi connectivity index (χ2v) is 8.74. The summed E-state index contributed by atoms with van der Waals surface area (Å²) in [4.78, 5) is 36.0. The molecular weight excluding hydrogens is 444 g/mol. The highest BCUT2D eigenvalue weighted by molar-refractivity contribution is 7.89. The average Bonchev–Trinajstić information content (AvgIpc) is 2.72. The number of nitrogens with two attached hydrogens (primary N) is 1. The highest BCUT2D eigenvalue weighted by Crippen LogP contribution is 2.21. The van der Waals surface area contributed by atoms with Crippen LogP contribution in [0.15, 0.2) is 47.4 Å². The van der Waals surface area contributed by atoms with Crippen molar-refractivity contribution in [2.45, 2.75) is 37.5 Å². The predicted octanol–water partition coefficient (Wildman–Crippen LogP) is 3.55. The van der Waals surface area contributed by atoms with Crippen LogP contribution in [0.3, 0.4) is 0 Å². The fourth-order valence-corrected chi connectivity index (χ4v) is 3.36. The molecule has 0 aromatic heterocycles. The van der Waals surface area contributed by atoms with Gasteiger partial charge in [-0.2, -0.15) is 0 Å². The molecule has 0 unspecified atom stereocenters. The van der Waals surface area contributed by atoms with Crippen LogP contribution in [0.25, 0.3) is 0 Å². The number of ether oxygens (including phenoxy) is 1. The molecule has 0 spiro atoms. The highest BCUT2D eigenvalue weighted by atomic mass is 35.5. The molecule has 0 atom stereocenters. The smallest absolute Gasteiger partial charge is 0.340 e. The zero-order chi connectivity index (χ0) is 23.0. The Hall–Kier alpha value is -2.75. The molecule has 0 aliphatic rings. The Morgan fingerprint density at radius 3 is 2.35 bits per heavy atom. The van der Waals surface area contributed by atoms with Crippen LogP contribution in [-0.2, 0) is 19.6 Å². The van der Waals surface area contributed by atoms with Crippen molar-refractivity contribution >= 4 is 45.0 Å². The SMILES string of the molecule is CCCCCC(=O)Nc1ccc(C(=O)COC(=O)c2cc(S(N)(=O)=O)ccc2Cl)cc1. The maximum absolute atomic E-state index is 12.3. The van der Waals surface area contributed by atoms with Gasteiger partial charge in [-0.05, 0) is 48.9 Å². The van der Waals surface area contributed by atoms with Gasteiger partial charge in [0.1, 0.15) is 0 Å². The predicted molar refractivity (Wildman–Crippen MR) is 117 cm³/mol. The summed E-state index contributed by atoms with van der Waals surface area (Å²) in [5.41, 5.74) is 0.616. The first kappa shape index (κ1) is 24.5. The average molecular weight is 467 g/mol. The Kier molecular flexibility index (Phi) is 8.73. The second-order valence-electron chi connectivity index (χ2n) is 6.77. The van der Waals surface area contributed by atoms with E-state index in [-0.39, 0.29) is 27.0 Å². The molecule has 3 N–H and O–H groups in total. The molecule has 0 saturated heterocycles. The molecule has 0 bridgehead atoms. The fourth-order valence-electron chi connectivity index (χ4n) is 2.63. The van der Waals surface area contributed by atoms with Gasteiger partial charge in [-0.1, -0.05) is 31.4 Å². The third-order valence-corrected chi connectivity index (χ3v) is 5.56. The standard InChI is InChI=1S/C21H23ClN2O6S/c1-2-3-4-5-20(26)24-15-8-6-14(7-9-15)19(25)13-30-21(27)17-12-16(31(23,28)29)10-11-18(17)22/h6-12H,2-5,13H2,1H3,(H,24,26)(H2,23,28,29). The summed E-state index contributed by atoms with van der Waals surface area (Å²) in [5, 5.41) is 7.76. The molecule has 0 aliphatic carbocycles. The number of ketones is 1. The van der Waals surface area contributed by atoms with Gasteiger partial charge in [0.2, 0.25) is 15.9 Å². The summed E-state index contributed by atoms with van der Waals surface area (Å²) in [6.07, 6.45) is 3.25. The second kappa shape index (κ2) is 11.0. The molecule has 31 heavy (non-hydrogen) atoms. The number of unbranched alkanes of at least 4 members (excludes halogenated alkanes) is 2. The third-order valence-electron chi connectivity index (χ3n) is 4.32. The number of carbonyl (C=O) groups is 3. The van der Waals surface area contributed by atoms with Gasteiger partial charge in [-0.25, -0.2) is 18.4 Å². The summed E-state index contributed by atoms with van der Waals surface area (Å²) < 4.78 is 27.8. The third kappa shape index (κ3) is 7.46. The van der Waals surface area contributed by atoms with Crippen LogP contribution in [0.1, 0.15) is 53.3 Å². The van der Waals surface area contributed by atoms with E-state index in [0.29, 0.717) is 12.1 Å². The van der Waals surface area contributed by atoms with Crippen molar-refractivity contribution in [3.05, 3.63) is 58.6 Å². The lowest BCUT2D eigenvalue weighted by Gasteiger charge is -2.08. The fraction of sp³-hybridized carbons (Fsp3) is 0.286. The number of Topliss-reactive ketones (excluding diaryl/α,β-unsaturated/α-hetero) is 1. The Labute approximate surface area is 185 Å². The molecule has 166 valence electrons. The number of amides is 1. The van der Waals surface area contributed by atoms with Crippen LogP contribution in [0.5, 0.6) is 0 Å². The summed E-state index contributed by atoms with van der Waals surface area (Å²) in [5.74, 6) is -1.53. The van der Waals surface area contributed by atoms with Crippen LogP contribution in [0, 0.1) is 0 Å². The van der Waals surface area contributed by atoms with Gasteiger partial charge in [0.15, 0.2) is 12.4 Å². The molecule has 8 nitrogen and oxygen atoms in total. The first-order valence-electron chi connectivity index (χ1n) is 9.54. The van der Waals surface area contributed by atoms with E-state index in [0.717, 1.165) is 31.4 Å². The number of hydrogen-bond donors (Lipinski definition) is 2. The number of hydrogen-bond acceptors (Lipinski definition) is 6. The van der Waals surface area contributed by atoms with Crippen molar-refractivity contribution < 1.29 is 27.5 Å². The van der Waals surface area contributed by atoms with E-state index in [2.05, 4.69) is 12.2 Å². The van der Waals surface area contributed by atoms with Gasteiger partial charge in [0, 0.05) is 17.7 Å². The van der Waals surface area contributed by atoms with Crippen molar-refractivity contribution in [2.24, 2.45) is 5.14 Å². The van der Waals surface area contributed by atoms with E-state index in [1.807, 2.05) is 0 Å². The van der Waals surface area contributed by atoms with Crippen LogP contribution in [-0.4, -0.2) is 32.7 Å². The van der Waals surface area contributed by atoms with E-state index in [1.54, 1.807) is 12.1 Å². The van der Waals surface area contributed by atoms with Gasteiger partial charge in [0.25, 0.3) is 0 Å². The molecule has 10 heteroatoms. The van der Waals surface area contributed by atoms with Gasteiger partial charge < -0.3 is 10.1 Å². The van der Waals surface area contributed by atoms with Crippen molar-refractivity contribution in [1.29, 1.82) is 0 Å². The van der Waals surface area contributed by atoms with Crippen LogP contribution < -0.4 is 10.5 Å². The number of esters is 1. The Morgan fingerprint density at radius 2 is 1.74 bits per heavy atom. The van der Waals surface area contributed by atoms with Crippen LogP contribution in [0.4, 0.5) is 5.69 Å². The molecule has 0 radical (unpaired) electrons. The highest BCUT2D eigenvalue weighted by Gasteiger charge is 2.18. The topological polar surface area (TPSA) is 133 Å². The summed E-state index contributed by atoms with van der Waals surface area (Å²) in [6.45, 7) is 1.48. The lowest BCUT2D eigenvalue weighted by atomic mass is 10.1. The minimum absolute atomic E-state index is 0.0381. The first-order valence-corrected chi connectivity index (χ1v) is 11.5. The number of benzene rings is 2.